The summed E-state index contributed by atoms with van der Waals surface area (Å²) in [6.07, 6.45) is 5.79. The van der Waals surface area contributed by atoms with E-state index >= 15 is 0 Å². The maximum Gasteiger partial charge on any atom is 0.0967 e. The largest absolute Gasteiger partial charge is 0.303 e. The van der Waals surface area contributed by atoms with Gasteiger partial charge >= 0.3 is 0 Å². The Morgan fingerprint density at radius 2 is 2.05 bits per heavy atom. The summed E-state index contributed by atoms with van der Waals surface area (Å²) in [6, 6.07) is 0.534. The smallest absolute Gasteiger partial charge is 0.0967 e. The van der Waals surface area contributed by atoms with Gasteiger partial charge in [0.15, 0.2) is 0 Å². The topological polar surface area (TPSA) is 37.2 Å². The molecule has 0 amide bonds. The van der Waals surface area contributed by atoms with Crippen molar-refractivity contribution < 1.29 is 0 Å². The number of hydrogen-bond acceptors (Lipinski definition) is 4. The monoisotopic (exact) mass is 279 g/mol. The van der Waals surface area contributed by atoms with E-state index in [4.69, 9.17) is 0 Å². The first-order chi connectivity index (χ1) is 9.58. The zero-order chi connectivity index (χ0) is 14.5. The summed E-state index contributed by atoms with van der Waals surface area (Å²) in [4.78, 5) is 4.73. The van der Waals surface area contributed by atoms with Gasteiger partial charge in [-0.2, -0.15) is 0 Å². The molecule has 5 heteroatoms. The number of hydrogen-bond donors (Lipinski definition) is 0. The molecule has 1 aromatic heterocycles. The average molecular weight is 279 g/mol. The van der Waals surface area contributed by atoms with Crippen LogP contribution in [0.1, 0.15) is 44.8 Å². The van der Waals surface area contributed by atoms with Crippen LogP contribution in [-0.4, -0.2) is 58.5 Å². The maximum atomic E-state index is 4.32. The molecular formula is C15H29N5. The average Bonchev–Trinajstić information content (AvgIpc) is 2.87. The van der Waals surface area contributed by atoms with E-state index in [0.29, 0.717) is 6.04 Å². The Morgan fingerprint density at radius 1 is 1.35 bits per heavy atom. The molecule has 20 heavy (non-hydrogen) atoms. The normalized spacial score (nSPS) is 19.6. The van der Waals surface area contributed by atoms with E-state index < -0.39 is 0 Å². The molecule has 2 rings (SSSR count). The first kappa shape index (κ1) is 15.4. The summed E-state index contributed by atoms with van der Waals surface area (Å²) in [5, 5.41) is 8.59. The third-order valence-electron chi connectivity index (χ3n) is 4.23. The summed E-state index contributed by atoms with van der Waals surface area (Å²) in [7, 11) is 4.12. The predicted octanol–water partition coefficient (Wildman–Crippen LogP) is 2.02. The van der Waals surface area contributed by atoms with Crippen molar-refractivity contribution in [1.82, 2.24) is 24.8 Å². The van der Waals surface area contributed by atoms with Crippen LogP contribution in [0.15, 0.2) is 6.20 Å². The van der Waals surface area contributed by atoms with Gasteiger partial charge < -0.3 is 9.80 Å². The number of likely N-dealkylation sites (tertiary alicyclic amines) is 1. The molecule has 0 bridgehead atoms. The Bertz CT molecular complexity index is 393. The van der Waals surface area contributed by atoms with E-state index in [9.17, 15) is 0 Å². The van der Waals surface area contributed by atoms with Crippen LogP contribution in [0.3, 0.4) is 0 Å². The summed E-state index contributed by atoms with van der Waals surface area (Å²) in [5.74, 6) is 0.810. The van der Waals surface area contributed by atoms with E-state index in [1.165, 1.54) is 38.9 Å². The van der Waals surface area contributed by atoms with Crippen LogP contribution >= 0.6 is 0 Å². The molecular weight excluding hydrogens is 250 g/mol. The molecule has 0 unspecified atom stereocenters. The highest BCUT2D eigenvalue weighted by Gasteiger charge is 2.22. The molecule has 5 nitrogen and oxygen atoms in total. The fraction of sp³-hybridized carbons (Fsp3) is 0.867. The molecule has 1 saturated heterocycles. The van der Waals surface area contributed by atoms with Gasteiger partial charge in [-0.1, -0.05) is 25.5 Å². The van der Waals surface area contributed by atoms with Gasteiger partial charge in [0.2, 0.25) is 0 Å². The first-order valence-electron chi connectivity index (χ1n) is 7.86. The second-order valence-electron chi connectivity index (χ2n) is 6.47. The van der Waals surface area contributed by atoms with Crippen LogP contribution in [0, 0.1) is 5.92 Å². The standard InChI is InChI=1S/C15H29N5/c1-5-13(2)10-19-8-6-15(7-9-19)20-12-14(16-17-20)11-18(3)4/h12-13,15H,5-11H2,1-4H3/t13-/m1/s1. The van der Waals surface area contributed by atoms with Crippen molar-refractivity contribution in [2.45, 2.75) is 45.7 Å². The molecule has 0 aliphatic carbocycles. The lowest BCUT2D eigenvalue weighted by Crippen LogP contribution is -2.37. The maximum absolute atomic E-state index is 4.32. The fourth-order valence-corrected chi connectivity index (χ4v) is 2.82. The van der Waals surface area contributed by atoms with Gasteiger partial charge in [-0.25, -0.2) is 4.68 Å². The van der Waals surface area contributed by atoms with Gasteiger partial charge in [0, 0.05) is 26.2 Å². The second kappa shape index (κ2) is 7.18. The van der Waals surface area contributed by atoms with Gasteiger partial charge in [-0.05, 0) is 32.9 Å². The molecule has 1 aliphatic rings. The Labute approximate surface area is 122 Å². The summed E-state index contributed by atoms with van der Waals surface area (Å²) in [6.45, 7) is 9.12. The van der Waals surface area contributed by atoms with Crippen molar-refractivity contribution in [3.63, 3.8) is 0 Å². The second-order valence-corrected chi connectivity index (χ2v) is 6.47. The van der Waals surface area contributed by atoms with Crippen LogP contribution in [0.4, 0.5) is 0 Å². The highest BCUT2D eigenvalue weighted by molar-refractivity contribution is 4.93. The minimum atomic E-state index is 0.534. The number of rotatable bonds is 6. The number of aromatic nitrogens is 3. The van der Waals surface area contributed by atoms with Crippen molar-refractivity contribution in [3.8, 4) is 0 Å². The van der Waals surface area contributed by atoms with Crippen molar-refractivity contribution in [2.75, 3.05) is 33.7 Å². The molecule has 0 radical (unpaired) electrons. The third kappa shape index (κ3) is 4.28. The predicted molar refractivity (Wildman–Crippen MR) is 81.6 cm³/mol. The molecule has 114 valence electrons. The molecule has 2 heterocycles. The van der Waals surface area contributed by atoms with E-state index in [1.54, 1.807) is 0 Å². The van der Waals surface area contributed by atoms with Gasteiger partial charge in [-0.15, -0.1) is 5.10 Å². The number of nitrogens with zero attached hydrogens (tertiary/aromatic N) is 5. The lowest BCUT2D eigenvalue weighted by atomic mass is 10.0. The first-order valence-corrected chi connectivity index (χ1v) is 7.86. The molecule has 1 fully saturated rings. The molecule has 1 aliphatic heterocycles. The zero-order valence-corrected chi connectivity index (χ0v) is 13.4. The minimum Gasteiger partial charge on any atom is -0.303 e. The number of piperidine rings is 1. The SMILES string of the molecule is CC[C@@H](C)CN1CCC(n2cc(CN(C)C)nn2)CC1. The third-order valence-corrected chi connectivity index (χ3v) is 4.23. The molecule has 0 spiro atoms. The zero-order valence-electron chi connectivity index (χ0n) is 13.4. The van der Waals surface area contributed by atoms with Gasteiger partial charge in [0.05, 0.1) is 17.9 Å². The Hall–Kier alpha value is -0.940. The fourth-order valence-electron chi connectivity index (χ4n) is 2.82. The summed E-state index contributed by atoms with van der Waals surface area (Å²) >= 11 is 0. The molecule has 1 atom stereocenters. The molecule has 1 aromatic rings. The van der Waals surface area contributed by atoms with Gasteiger partial charge in [0.1, 0.15) is 0 Å². The van der Waals surface area contributed by atoms with Crippen molar-refractivity contribution in [2.24, 2.45) is 5.92 Å². The highest BCUT2D eigenvalue weighted by Crippen LogP contribution is 2.22. The van der Waals surface area contributed by atoms with Crippen molar-refractivity contribution >= 4 is 0 Å². The lowest BCUT2D eigenvalue weighted by molar-refractivity contribution is 0.159. The van der Waals surface area contributed by atoms with E-state index in [0.717, 1.165) is 18.2 Å². The highest BCUT2D eigenvalue weighted by atomic mass is 15.4. The molecule has 0 aromatic carbocycles. The Kier molecular flexibility index (Phi) is 5.54. The van der Waals surface area contributed by atoms with E-state index in [1.807, 2.05) is 0 Å². The van der Waals surface area contributed by atoms with Crippen LogP contribution in [0.2, 0.25) is 0 Å². The van der Waals surface area contributed by atoms with Crippen LogP contribution in [0.25, 0.3) is 0 Å². The van der Waals surface area contributed by atoms with Gasteiger partial charge in [0.25, 0.3) is 0 Å². The van der Waals surface area contributed by atoms with Crippen molar-refractivity contribution in [3.05, 3.63) is 11.9 Å². The summed E-state index contributed by atoms with van der Waals surface area (Å²) < 4.78 is 2.08. The van der Waals surface area contributed by atoms with E-state index in [2.05, 4.69) is 58.9 Å². The van der Waals surface area contributed by atoms with Gasteiger partial charge in [-0.3, -0.25) is 0 Å². The van der Waals surface area contributed by atoms with E-state index in [-0.39, 0.29) is 0 Å². The Morgan fingerprint density at radius 3 is 2.65 bits per heavy atom. The lowest BCUT2D eigenvalue weighted by Gasteiger charge is -2.33. The summed E-state index contributed by atoms with van der Waals surface area (Å²) in [5.41, 5.74) is 1.07. The molecule has 0 N–H and O–H groups in total. The minimum absolute atomic E-state index is 0.534. The van der Waals surface area contributed by atoms with Crippen LogP contribution < -0.4 is 0 Å². The quantitative estimate of drug-likeness (QED) is 0.798. The molecule has 0 saturated carbocycles. The van der Waals surface area contributed by atoms with Crippen LogP contribution in [-0.2, 0) is 6.54 Å². The van der Waals surface area contributed by atoms with Crippen molar-refractivity contribution in [1.29, 1.82) is 0 Å². The van der Waals surface area contributed by atoms with Crippen LogP contribution in [0.5, 0.6) is 0 Å². The Balaban J connectivity index is 1.82.